The molecule has 2 heterocycles. The van der Waals surface area contributed by atoms with E-state index in [4.69, 9.17) is 14.2 Å². The Morgan fingerprint density at radius 2 is 1.78 bits per heavy atom. The fourth-order valence-corrected chi connectivity index (χ4v) is 4.81. The number of methoxy groups -OCH3 is 1. The Morgan fingerprint density at radius 1 is 1.03 bits per heavy atom. The molecule has 0 saturated carbocycles. The second-order valence-electron chi connectivity index (χ2n) is 8.99. The van der Waals surface area contributed by atoms with Gasteiger partial charge in [0.25, 0.3) is 11.7 Å². The number of esters is 1. The highest BCUT2D eigenvalue weighted by molar-refractivity contribution is 6.51. The van der Waals surface area contributed by atoms with Crippen LogP contribution in [0.1, 0.15) is 36.6 Å². The standard InChI is InChI=1S/C29H25NO7/c1-16-12-20-13-19(10-11-24(20)36-16)27(32)25-26(18-6-4-9-23(14-18)37-17(2)31)30(29(34)28(25)33)21-7-5-8-22(15-21)35-3/h4-11,13-16,26,32H,12H2,1-3H3/b27-25-. The first kappa shape index (κ1) is 24.1. The van der Waals surface area contributed by atoms with Gasteiger partial charge in [-0.15, -0.1) is 0 Å². The van der Waals surface area contributed by atoms with E-state index in [-0.39, 0.29) is 23.2 Å². The van der Waals surface area contributed by atoms with Crippen LogP contribution in [0.15, 0.2) is 72.3 Å². The third-order valence-electron chi connectivity index (χ3n) is 6.38. The number of rotatable bonds is 5. The highest BCUT2D eigenvalue weighted by Gasteiger charge is 2.47. The van der Waals surface area contributed by atoms with Crippen molar-refractivity contribution in [2.75, 3.05) is 12.0 Å². The van der Waals surface area contributed by atoms with Crippen molar-refractivity contribution in [2.24, 2.45) is 0 Å². The second-order valence-corrected chi connectivity index (χ2v) is 8.99. The zero-order valence-electron chi connectivity index (χ0n) is 20.6. The maximum Gasteiger partial charge on any atom is 0.308 e. The van der Waals surface area contributed by atoms with Gasteiger partial charge in [0, 0.05) is 30.7 Å². The van der Waals surface area contributed by atoms with E-state index in [2.05, 4.69) is 0 Å². The molecule has 0 bridgehead atoms. The highest BCUT2D eigenvalue weighted by Crippen LogP contribution is 2.44. The zero-order chi connectivity index (χ0) is 26.3. The Hall–Kier alpha value is -4.59. The molecule has 0 radical (unpaired) electrons. The van der Waals surface area contributed by atoms with Crippen LogP contribution in [0, 0.1) is 0 Å². The van der Waals surface area contributed by atoms with Crippen molar-refractivity contribution in [3.63, 3.8) is 0 Å². The number of carbonyl (C=O) groups excluding carboxylic acids is 3. The molecule has 1 fully saturated rings. The molecule has 2 aliphatic heterocycles. The predicted octanol–water partition coefficient (Wildman–Crippen LogP) is 4.57. The Kier molecular flexibility index (Phi) is 6.17. The van der Waals surface area contributed by atoms with E-state index in [1.807, 2.05) is 6.92 Å². The first-order valence-corrected chi connectivity index (χ1v) is 11.8. The number of anilines is 1. The van der Waals surface area contributed by atoms with Gasteiger partial charge in [-0.2, -0.15) is 0 Å². The number of nitrogens with zero attached hydrogens (tertiary/aromatic N) is 1. The fraction of sp³-hybridized carbons (Fsp3) is 0.207. The Bertz CT molecular complexity index is 1460. The van der Waals surface area contributed by atoms with Crippen LogP contribution in [0.3, 0.4) is 0 Å². The minimum Gasteiger partial charge on any atom is -0.507 e. The molecule has 3 aromatic carbocycles. The quantitative estimate of drug-likeness (QED) is 0.180. The molecule has 5 rings (SSSR count). The summed E-state index contributed by atoms with van der Waals surface area (Å²) in [5.41, 5.74) is 2.15. The van der Waals surface area contributed by atoms with E-state index in [1.54, 1.807) is 66.7 Å². The summed E-state index contributed by atoms with van der Waals surface area (Å²) in [5, 5.41) is 11.4. The first-order chi connectivity index (χ1) is 17.8. The van der Waals surface area contributed by atoms with Crippen molar-refractivity contribution in [2.45, 2.75) is 32.4 Å². The first-order valence-electron chi connectivity index (χ1n) is 11.8. The summed E-state index contributed by atoms with van der Waals surface area (Å²) >= 11 is 0. The summed E-state index contributed by atoms with van der Waals surface area (Å²) in [6.07, 6.45) is 0.678. The number of amides is 1. The molecule has 188 valence electrons. The van der Waals surface area contributed by atoms with Gasteiger partial charge in [-0.1, -0.05) is 18.2 Å². The molecule has 0 aromatic heterocycles. The minimum atomic E-state index is -0.981. The molecule has 0 aliphatic carbocycles. The summed E-state index contributed by atoms with van der Waals surface area (Å²) in [7, 11) is 1.51. The van der Waals surface area contributed by atoms with E-state index in [0.29, 0.717) is 29.0 Å². The molecular weight excluding hydrogens is 474 g/mol. The number of ketones is 1. The number of hydrogen-bond donors (Lipinski definition) is 1. The number of Topliss-reactive ketones (excluding diaryl/α,β-unsaturated/α-hetero) is 1. The lowest BCUT2D eigenvalue weighted by atomic mass is 9.94. The van der Waals surface area contributed by atoms with Gasteiger partial charge in [-0.25, -0.2) is 0 Å². The molecule has 1 saturated heterocycles. The van der Waals surface area contributed by atoms with E-state index in [1.165, 1.54) is 18.9 Å². The highest BCUT2D eigenvalue weighted by atomic mass is 16.5. The summed E-state index contributed by atoms with van der Waals surface area (Å²) in [6, 6.07) is 17.5. The third kappa shape index (κ3) is 4.42. The Balaban J connectivity index is 1.69. The summed E-state index contributed by atoms with van der Waals surface area (Å²) in [6.45, 7) is 3.24. The van der Waals surface area contributed by atoms with E-state index < -0.39 is 23.7 Å². The summed E-state index contributed by atoms with van der Waals surface area (Å²) in [5.74, 6) is -0.942. The van der Waals surface area contributed by atoms with Crippen LogP contribution in [0.25, 0.3) is 5.76 Å². The smallest absolute Gasteiger partial charge is 0.308 e. The fourth-order valence-electron chi connectivity index (χ4n) is 4.81. The van der Waals surface area contributed by atoms with Crippen molar-refractivity contribution in [3.05, 3.63) is 89.0 Å². The topological polar surface area (TPSA) is 102 Å². The lowest BCUT2D eigenvalue weighted by Crippen LogP contribution is -2.29. The molecule has 8 heteroatoms. The SMILES string of the molecule is COc1cccc(N2C(=O)C(=O)/C(=C(\O)c3ccc4c(c3)CC(C)O4)C2c2cccc(OC(C)=O)c2)c1. The van der Waals surface area contributed by atoms with Gasteiger partial charge in [0.05, 0.1) is 18.7 Å². The number of fused-ring (bicyclic) bond motifs is 1. The zero-order valence-corrected chi connectivity index (χ0v) is 20.6. The maximum atomic E-state index is 13.4. The minimum absolute atomic E-state index is 0.00931. The van der Waals surface area contributed by atoms with Gasteiger partial charge in [0.2, 0.25) is 0 Å². The van der Waals surface area contributed by atoms with Crippen molar-refractivity contribution in [3.8, 4) is 17.2 Å². The molecule has 0 spiro atoms. The van der Waals surface area contributed by atoms with Gasteiger partial charge in [-0.05, 0) is 60.5 Å². The van der Waals surface area contributed by atoms with Crippen molar-refractivity contribution in [1.82, 2.24) is 0 Å². The molecule has 2 atom stereocenters. The van der Waals surface area contributed by atoms with Gasteiger partial charge in [0.15, 0.2) is 0 Å². The molecule has 2 unspecified atom stereocenters. The van der Waals surface area contributed by atoms with E-state index in [9.17, 15) is 19.5 Å². The lowest BCUT2D eigenvalue weighted by molar-refractivity contribution is -0.132. The molecule has 37 heavy (non-hydrogen) atoms. The number of hydrogen-bond acceptors (Lipinski definition) is 7. The molecule has 8 nitrogen and oxygen atoms in total. The molecule has 1 amide bonds. The number of aliphatic hydroxyl groups is 1. The largest absolute Gasteiger partial charge is 0.507 e. The predicted molar refractivity (Wildman–Crippen MR) is 136 cm³/mol. The average molecular weight is 500 g/mol. The normalized spacial score (nSPS) is 19.9. The van der Waals surface area contributed by atoms with Gasteiger partial charge < -0.3 is 19.3 Å². The number of benzene rings is 3. The average Bonchev–Trinajstić information content (AvgIpc) is 3.38. The summed E-state index contributed by atoms with van der Waals surface area (Å²) < 4.78 is 16.3. The maximum absolute atomic E-state index is 13.4. The Labute approximate surface area is 213 Å². The van der Waals surface area contributed by atoms with Gasteiger partial charge in [-0.3, -0.25) is 19.3 Å². The van der Waals surface area contributed by atoms with Crippen molar-refractivity contribution < 1.29 is 33.7 Å². The number of ether oxygens (including phenoxy) is 3. The van der Waals surface area contributed by atoms with Crippen molar-refractivity contribution >= 4 is 29.1 Å². The monoisotopic (exact) mass is 499 g/mol. The van der Waals surface area contributed by atoms with E-state index >= 15 is 0 Å². The van der Waals surface area contributed by atoms with Gasteiger partial charge >= 0.3 is 5.97 Å². The molecular formula is C29H25NO7. The van der Waals surface area contributed by atoms with Crippen LogP contribution in [0.4, 0.5) is 5.69 Å². The number of carbonyl (C=O) groups is 3. The summed E-state index contributed by atoms with van der Waals surface area (Å²) in [4.78, 5) is 39.7. The van der Waals surface area contributed by atoms with Crippen LogP contribution < -0.4 is 19.1 Å². The van der Waals surface area contributed by atoms with E-state index in [0.717, 1.165) is 11.3 Å². The molecule has 3 aromatic rings. The van der Waals surface area contributed by atoms with Crippen LogP contribution >= 0.6 is 0 Å². The van der Waals surface area contributed by atoms with Crippen LogP contribution in [-0.2, 0) is 20.8 Å². The molecule has 1 N–H and O–H groups in total. The van der Waals surface area contributed by atoms with Crippen LogP contribution in [0.5, 0.6) is 17.2 Å². The lowest BCUT2D eigenvalue weighted by Gasteiger charge is -2.26. The third-order valence-corrected chi connectivity index (χ3v) is 6.38. The number of aliphatic hydroxyl groups excluding tert-OH is 1. The Morgan fingerprint density at radius 3 is 2.54 bits per heavy atom. The van der Waals surface area contributed by atoms with Crippen LogP contribution in [-0.4, -0.2) is 36.0 Å². The van der Waals surface area contributed by atoms with Crippen LogP contribution in [0.2, 0.25) is 0 Å². The second kappa shape index (κ2) is 9.46. The van der Waals surface area contributed by atoms with Gasteiger partial charge in [0.1, 0.15) is 29.1 Å². The molecule has 2 aliphatic rings. The van der Waals surface area contributed by atoms with Crippen molar-refractivity contribution in [1.29, 1.82) is 0 Å².